The summed E-state index contributed by atoms with van der Waals surface area (Å²) in [6.45, 7) is 1.88. The van der Waals surface area contributed by atoms with E-state index in [4.69, 9.17) is 4.74 Å². The van der Waals surface area contributed by atoms with E-state index in [0.717, 1.165) is 5.56 Å². The van der Waals surface area contributed by atoms with Crippen molar-refractivity contribution in [1.82, 2.24) is 0 Å². The maximum atomic E-state index is 12.8. The summed E-state index contributed by atoms with van der Waals surface area (Å²) in [5, 5.41) is 0. The SMILES string of the molecule is Cc1ccc(S(=O)(=O)Cc2cccc(C(=O)OCc3cccc(C(=O)c4ccccc4)c3)c2)cc1. The van der Waals surface area contributed by atoms with Gasteiger partial charge in [0.2, 0.25) is 0 Å². The van der Waals surface area contributed by atoms with Crippen molar-refractivity contribution in [2.45, 2.75) is 24.2 Å². The summed E-state index contributed by atoms with van der Waals surface area (Å²) >= 11 is 0. The third-order valence-electron chi connectivity index (χ3n) is 5.49. The molecule has 4 aromatic rings. The second-order valence-electron chi connectivity index (χ2n) is 8.24. The molecule has 0 heterocycles. The van der Waals surface area contributed by atoms with Crippen LogP contribution in [0.3, 0.4) is 0 Å². The number of aryl methyl sites for hydroxylation is 1. The molecule has 0 aliphatic carbocycles. The van der Waals surface area contributed by atoms with Crippen LogP contribution < -0.4 is 0 Å². The summed E-state index contributed by atoms with van der Waals surface area (Å²) in [7, 11) is -3.55. The van der Waals surface area contributed by atoms with Gasteiger partial charge in [-0.15, -0.1) is 0 Å². The molecular formula is C29H24O5S. The van der Waals surface area contributed by atoms with Gasteiger partial charge in [-0.3, -0.25) is 4.79 Å². The van der Waals surface area contributed by atoms with E-state index in [2.05, 4.69) is 0 Å². The van der Waals surface area contributed by atoms with Crippen LogP contribution in [0.5, 0.6) is 0 Å². The van der Waals surface area contributed by atoms with Crippen molar-refractivity contribution >= 4 is 21.6 Å². The van der Waals surface area contributed by atoms with Gasteiger partial charge < -0.3 is 4.74 Å². The Bertz CT molecular complexity index is 1460. The fourth-order valence-electron chi connectivity index (χ4n) is 3.63. The minimum atomic E-state index is -3.55. The first-order chi connectivity index (χ1) is 16.8. The minimum absolute atomic E-state index is 0.0133. The lowest BCUT2D eigenvalue weighted by atomic mass is 10.0. The van der Waals surface area contributed by atoms with Crippen LogP contribution in [0.2, 0.25) is 0 Å². The smallest absolute Gasteiger partial charge is 0.338 e. The first kappa shape index (κ1) is 24.1. The minimum Gasteiger partial charge on any atom is -0.457 e. The zero-order valence-corrected chi connectivity index (χ0v) is 20.0. The normalized spacial score (nSPS) is 11.1. The molecular weight excluding hydrogens is 460 g/mol. The van der Waals surface area contributed by atoms with Crippen LogP contribution in [0.4, 0.5) is 0 Å². The van der Waals surface area contributed by atoms with E-state index in [0.29, 0.717) is 22.3 Å². The molecule has 5 nitrogen and oxygen atoms in total. The average molecular weight is 485 g/mol. The molecule has 0 N–H and O–H groups in total. The molecule has 4 aromatic carbocycles. The number of ether oxygens (including phenoxy) is 1. The maximum Gasteiger partial charge on any atom is 0.338 e. The van der Waals surface area contributed by atoms with Crippen LogP contribution in [0.1, 0.15) is 43.0 Å². The molecule has 0 saturated carbocycles. The van der Waals surface area contributed by atoms with Gasteiger partial charge in [0.15, 0.2) is 15.6 Å². The van der Waals surface area contributed by atoms with E-state index in [-0.39, 0.29) is 28.6 Å². The van der Waals surface area contributed by atoms with Crippen molar-refractivity contribution in [3.05, 3.63) is 137 Å². The Labute approximate surface area is 204 Å². The van der Waals surface area contributed by atoms with Gasteiger partial charge in [0.25, 0.3) is 0 Å². The number of carbonyl (C=O) groups excluding carboxylic acids is 2. The molecule has 0 saturated heterocycles. The molecule has 176 valence electrons. The van der Waals surface area contributed by atoms with Crippen molar-refractivity contribution in [2.75, 3.05) is 0 Å². The number of rotatable bonds is 8. The Morgan fingerprint density at radius 3 is 2.00 bits per heavy atom. The van der Waals surface area contributed by atoms with E-state index in [1.165, 1.54) is 6.07 Å². The Balaban J connectivity index is 1.42. The van der Waals surface area contributed by atoms with E-state index >= 15 is 0 Å². The van der Waals surface area contributed by atoms with Gasteiger partial charge in [-0.2, -0.15) is 0 Å². The molecule has 0 aliphatic heterocycles. The largest absolute Gasteiger partial charge is 0.457 e. The van der Waals surface area contributed by atoms with Crippen molar-refractivity contribution in [2.24, 2.45) is 0 Å². The quantitative estimate of drug-likeness (QED) is 0.242. The molecule has 0 fully saturated rings. The lowest BCUT2D eigenvalue weighted by Crippen LogP contribution is -2.09. The van der Waals surface area contributed by atoms with Crippen LogP contribution in [-0.2, 0) is 26.9 Å². The molecule has 0 atom stereocenters. The number of ketones is 1. The highest BCUT2D eigenvalue weighted by molar-refractivity contribution is 7.90. The van der Waals surface area contributed by atoms with E-state index in [9.17, 15) is 18.0 Å². The molecule has 0 aliphatic rings. The predicted molar refractivity (Wildman–Crippen MR) is 134 cm³/mol. The highest BCUT2D eigenvalue weighted by atomic mass is 32.2. The molecule has 35 heavy (non-hydrogen) atoms. The Kier molecular flexibility index (Phi) is 7.22. The van der Waals surface area contributed by atoms with Gasteiger partial charge in [0, 0.05) is 11.1 Å². The Morgan fingerprint density at radius 2 is 1.29 bits per heavy atom. The first-order valence-corrected chi connectivity index (χ1v) is 12.7. The van der Waals surface area contributed by atoms with Crippen LogP contribution in [0, 0.1) is 6.92 Å². The van der Waals surface area contributed by atoms with Crippen LogP contribution in [-0.4, -0.2) is 20.2 Å². The zero-order chi connectivity index (χ0) is 24.8. The second kappa shape index (κ2) is 10.5. The van der Waals surface area contributed by atoms with Crippen LogP contribution in [0.15, 0.2) is 108 Å². The lowest BCUT2D eigenvalue weighted by Gasteiger charge is -2.09. The molecule has 0 spiro atoms. The van der Waals surface area contributed by atoms with Crippen LogP contribution >= 0.6 is 0 Å². The Morgan fingerprint density at radius 1 is 0.686 bits per heavy atom. The number of benzene rings is 4. The summed E-state index contributed by atoms with van der Waals surface area (Å²) in [6, 6.07) is 29.0. The zero-order valence-electron chi connectivity index (χ0n) is 19.2. The van der Waals surface area contributed by atoms with Gasteiger partial charge in [0.05, 0.1) is 16.2 Å². The van der Waals surface area contributed by atoms with Gasteiger partial charge >= 0.3 is 5.97 Å². The predicted octanol–water partition coefficient (Wildman–Crippen LogP) is 5.56. The second-order valence-corrected chi connectivity index (χ2v) is 10.2. The summed E-state index contributed by atoms with van der Waals surface area (Å²) in [4.78, 5) is 25.6. The number of carbonyl (C=O) groups is 2. The average Bonchev–Trinajstić information content (AvgIpc) is 2.87. The third-order valence-corrected chi connectivity index (χ3v) is 7.20. The van der Waals surface area contributed by atoms with Crippen molar-refractivity contribution in [3.63, 3.8) is 0 Å². The molecule has 0 aromatic heterocycles. The topological polar surface area (TPSA) is 77.5 Å². The fraction of sp³-hybridized carbons (Fsp3) is 0.103. The van der Waals surface area contributed by atoms with E-state index < -0.39 is 15.8 Å². The number of hydrogen-bond donors (Lipinski definition) is 0. The van der Waals surface area contributed by atoms with Gasteiger partial charge in [-0.05, 0) is 48.4 Å². The third kappa shape index (κ3) is 6.11. The molecule has 0 unspecified atom stereocenters. The fourth-order valence-corrected chi connectivity index (χ4v) is 4.96. The van der Waals surface area contributed by atoms with E-state index in [1.807, 2.05) is 13.0 Å². The highest BCUT2D eigenvalue weighted by Gasteiger charge is 2.17. The van der Waals surface area contributed by atoms with Crippen molar-refractivity contribution in [1.29, 1.82) is 0 Å². The standard InChI is InChI=1S/C29H24O5S/c1-21-13-15-27(16-14-21)35(32,33)20-23-8-6-12-26(18-23)29(31)34-19-22-7-5-11-25(17-22)28(30)24-9-3-2-4-10-24/h2-18H,19-20H2,1H3. The molecule has 6 heteroatoms. The van der Waals surface area contributed by atoms with Gasteiger partial charge in [-0.1, -0.05) is 78.4 Å². The van der Waals surface area contributed by atoms with Gasteiger partial charge in [0.1, 0.15) is 6.61 Å². The lowest BCUT2D eigenvalue weighted by molar-refractivity contribution is 0.0472. The first-order valence-electron chi connectivity index (χ1n) is 11.1. The van der Waals surface area contributed by atoms with E-state index in [1.54, 1.807) is 91.0 Å². The molecule has 4 rings (SSSR count). The molecule has 0 bridgehead atoms. The molecule has 0 amide bonds. The van der Waals surface area contributed by atoms with Crippen molar-refractivity contribution < 1.29 is 22.7 Å². The number of sulfone groups is 1. The highest BCUT2D eigenvalue weighted by Crippen LogP contribution is 2.19. The number of hydrogen-bond acceptors (Lipinski definition) is 5. The summed E-state index contributed by atoms with van der Waals surface area (Å²) in [5.41, 5.74) is 3.50. The number of esters is 1. The Hall–Kier alpha value is -4.03. The summed E-state index contributed by atoms with van der Waals surface area (Å²) in [5.74, 6) is -0.901. The monoisotopic (exact) mass is 484 g/mol. The van der Waals surface area contributed by atoms with Crippen LogP contribution in [0.25, 0.3) is 0 Å². The summed E-state index contributed by atoms with van der Waals surface area (Å²) < 4.78 is 30.9. The van der Waals surface area contributed by atoms with Gasteiger partial charge in [-0.25, -0.2) is 13.2 Å². The molecule has 0 radical (unpaired) electrons. The summed E-state index contributed by atoms with van der Waals surface area (Å²) in [6.07, 6.45) is 0. The maximum absolute atomic E-state index is 12.8. The van der Waals surface area contributed by atoms with Crippen molar-refractivity contribution in [3.8, 4) is 0 Å².